The predicted octanol–water partition coefficient (Wildman–Crippen LogP) is 3.38. The van der Waals surface area contributed by atoms with Gasteiger partial charge in [0.15, 0.2) is 0 Å². The summed E-state index contributed by atoms with van der Waals surface area (Å²) in [4.78, 5) is 16.3. The average molecular weight is 400 g/mol. The van der Waals surface area contributed by atoms with E-state index in [2.05, 4.69) is 51.5 Å². The molecule has 30 heavy (non-hydrogen) atoms. The molecule has 4 aromatic rings. The Hall–Kier alpha value is -3.32. The van der Waals surface area contributed by atoms with Gasteiger partial charge >= 0.3 is 0 Å². The van der Waals surface area contributed by atoms with E-state index in [0.717, 1.165) is 60.9 Å². The lowest BCUT2D eigenvalue weighted by molar-refractivity contribution is 0.450. The first-order valence-electron chi connectivity index (χ1n) is 10.4. The van der Waals surface area contributed by atoms with Gasteiger partial charge in [0.2, 0.25) is 0 Å². The Morgan fingerprint density at radius 3 is 2.80 bits per heavy atom. The van der Waals surface area contributed by atoms with Crippen LogP contribution in [0, 0.1) is 6.92 Å². The summed E-state index contributed by atoms with van der Waals surface area (Å²) in [6, 6.07) is 12.4. The van der Waals surface area contributed by atoms with E-state index >= 15 is 0 Å². The zero-order valence-corrected chi connectivity index (χ0v) is 17.0. The van der Waals surface area contributed by atoms with E-state index in [1.54, 1.807) is 12.4 Å². The molecular formula is C23H24N6O. The topological polar surface area (TPSA) is 80.0 Å². The fourth-order valence-electron chi connectivity index (χ4n) is 3.83. The number of benzene rings is 1. The number of hydrogen-bond acceptors (Lipinski definition) is 7. The van der Waals surface area contributed by atoms with E-state index in [9.17, 15) is 0 Å². The van der Waals surface area contributed by atoms with Crippen LogP contribution in [0.1, 0.15) is 23.4 Å². The zero-order valence-electron chi connectivity index (χ0n) is 17.0. The van der Waals surface area contributed by atoms with Crippen molar-refractivity contribution in [1.29, 1.82) is 0 Å². The molecule has 1 saturated heterocycles. The molecule has 7 nitrogen and oxygen atoms in total. The summed E-state index contributed by atoms with van der Waals surface area (Å²) in [6.07, 6.45) is 5.26. The highest BCUT2D eigenvalue weighted by Gasteiger charge is 2.23. The number of hydrogen-bond donors (Lipinski definition) is 1. The summed E-state index contributed by atoms with van der Waals surface area (Å²) in [5.74, 6) is 1.64. The van der Waals surface area contributed by atoms with Gasteiger partial charge in [-0.15, -0.1) is 0 Å². The molecule has 0 saturated carbocycles. The van der Waals surface area contributed by atoms with Gasteiger partial charge in [0.25, 0.3) is 5.71 Å². The summed E-state index contributed by atoms with van der Waals surface area (Å²) in [5.41, 5.74) is 4.59. The highest BCUT2D eigenvalue weighted by Crippen LogP contribution is 2.34. The molecule has 7 heteroatoms. The maximum atomic E-state index is 5.69. The van der Waals surface area contributed by atoms with Crippen molar-refractivity contribution in [3.05, 3.63) is 65.7 Å². The summed E-state index contributed by atoms with van der Waals surface area (Å²) >= 11 is 0. The van der Waals surface area contributed by atoms with E-state index in [1.807, 2.05) is 12.1 Å². The molecule has 3 aromatic heterocycles. The van der Waals surface area contributed by atoms with Crippen molar-refractivity contribution in [3.63, 3.8) is 0 Å². The third kappa shape index (κ3) is 3.76. The Balaban J connectivity index is 1.62. The Kier molecular flexibility index (Phi) is 5.11. The molecule has 1 aliphatic rings. The maximum absolute atomic E-state index is 5.69. The first kappa shape index (κ1) is 18.7. The third-order valence-electron chi connectivity index (χ3n) is 5.42. The first-order valence-corrected chi connectivity index (χ1v) is 10.4. The van der Waals surface area contributed by atoms with E-state index in [-0.39, 0.29) is 0 Å². The number of rotatable bonds is 4. The lowest BCUT2D eigenvalue weighted by Gasteiger charge is -2.22. The fourth-order valence-corrected chi connectivity index (χ4v) is 3.83. The lowest BCUT2D eigenvalue weighted by Crippen LogP contribution is -2.29. The van der Waals surface area contributed by atoms with Crippen molar-refractivity contribution in [1.82, 2.24) is 25.4 Å². The Morgan fingerprint density at radius 1 is 1.07 bits per heavy atom. The number of nitrogens with zero attached hydrogens (tertiary/aromatic N) is 5. The van der Waals surface area contributed by atoms with Crippen LogP contribution in [0.4, 0.5) is 5.82 Å². The van der Waals surface area contributed by atoms with Gasteiger partial charge < -0.3 is 14.7 Å². The van der Waals surface area contributed by atoms with Crippen LogP contribution in [0.25, 0.3) is 22.4 Å². The Bertz CT molecular complexity index is 1130. The molecular weight excluding hydrogens is 376 g/mol. The minimum atomic E-state index is 0.526. The van der Waals surface area contributed by atoms with Gasteiger partial charge in [-0.3, -0.25) is 4.98 Å². The summed E-state index contributed by atoms with van der Waals surface area (Å²) in [6.45, 7) is 5.84. The molecule has 5 rings (SSSR count). The quantitative estimate of drug-likeness (QED) is 0.562. The van der Waals surface area contributed by atoms with E-state index in [4.69, 9.17) is 14.5 Å². The number of fused-ring (bicyclic) bond motifs is 1. The summed E-state index contributed by atoms with van der Waals surface area (Å²) in [7, 11) is 0. The molecule has 1 N–H and O–H groups in total. The first-order chi connectivity index (χ1) is 14.8. The van der Waals surface area contributed by atoms with Gasteiger partial charge in [0, 0.05) is 44.0 Å². The molecule has 0 radical (unpaired) electrons. The van der Waals surface area contributed by atoms with Gasteiger partial charge in [-0.2, -0.15) is 4.98 Å². The third-order valence-corrected chi connectivity index (χ3v) is 5.42. The van der Waals surface area contributed by atoms with Gasteiger partial charge in [-0.25, -0.2) is 4.98 Å². The number of nitrogens with one attached hydrogen (secondary N) is 1. The smallest absolute Gasteiger partial charge is 0.263 e. The SMILES string of the molecule is Cc1ccc(Cc2nc(N3CCCNCC3)c3c(-c4cccnc4)noc3n2)cc1. The number of anilines is 1. The molecule has 1 fully saturated rings. The zero-order chi connectivity index (χ0) is 20.3. The second-order valence-corrected chi connectivity index (χ2v) is 7.67. The molecule has 1 aliphatic heterocycles. The average Bonchev–Trinajstić information content (AvgIpc) is 3.01. The van der Waals surface area contributed by atoms with Crippen molar-refractivity contribution in [3.8, 4) is 11.3 Å². The maximum Gasteiger partial charge on any atom is 0.263 e. The van der Waals surface area contributed by atoms with Crippen LogP contribution < -0.4 is 10.2 Å². The minimum Gasteiger partial charge on any atom is -0.354 e. The largest absolute Gasteiger partial charge is 0.354 e. The molecule has 1 aromatic carbocycles. The van der Waals surface area contributed by atoms with Crippen LogP contribution in [0.2, 0.25) is 0 Å². The van der Waals surface area contributed by atoms with Crippen molar-refractivity contribution in [2.75, 3.05) is 31.1 Å². The second-order valence-electron chi connectivity index (χ2n) is 7.67. The molecule has 4 heterocycles. The summed E-state index contributed by atoms with van der Waals surface area (Å²) < 4.78 is 5.69. The monoisotopic (exact) mass is 400 g/mol. The molecule has 0 bridgehead atoms. The Labute approximate surface area is 175 Å². The van der Waals surface area contributed by atoms with Gasteiger partial charge in [0.05, 0.1) is 0 Å². The molecule has 0 spiro atoms. The second kappa shape index (κ2) is 8.20. The molecule has 0 atom stereocenters. The number of aromatic nitrogens is 4. The number of pyridine rings is 1. The summed E-state index contributed by atoms with van der Waals surface area (Å²) in [5, 5.41) is 8.66. The van der Waals surface area contributed by atoms with Crippen LogP contribution in [-0.4, -0.2) is 46.3 Å². The van der Waals surface area contributed by atoms with E-state index in [1.165, 1.54) is 11.1 Å². The lowest BCUT2D eigenvalue weighted by atomic mass is 10.1. The van der Waals surface area contributed by atoms with E-state index in [0.29, 0.717) is 12.1 Å². The molecule has 0 unspecified atom stereocenters. The molecule has 152 valence electrons. The van der Waals surface area contributed by atoms with Crippen LogP contribution in [0.5, 0.6) is 0 Å². The van der Waals surface area contributed by atoms with Crippen molar-refractivity contribution in [2.45, 2.75) is 19.8 Å². The van der Waals surface area contributed by atoms with Gasteiger partial charge in [-0.05, 0) is 37.6 Å². The predicted molar refractivity (Wildman–Crippen MR) is 117 cm³/mol. The van der Waals surface area contributed by atoms with Crippen molar-refractivity contribution >= 4 is 16.9 Å². The van der Waals surface area contributed by atoms with Crippen LogP contribution in [-0.2, 0) is 6.42 Å². The highest BCUT2D eigenvalue weighted by atomic mass is 16.5. The highest BCUT2D eigenvalue weighted by molar-refractivity contribution is 5.98. The van der Waals surface area contributed by atoms with E-state index < -0.39 is 0 Å². The molecule has 0 amide bonds. The van der Waals surface area contributed by atoms with Gasteiger partial charge in [0.1, 0.15) is 22.7 Å². The van der Waals surface area contributed by atoms with Crippen molar-refractivity contribution in [2.24, 2.45) is 0 Å². The van der Waals surface area contributed by atoms with Crippen molar-refractivity contribution < 1.29 is 4.52 Å². The van der Waals surface area contributed by atoms with Crippen LogP contribution in [0.3, 0.4) is 0 Å². The van der Waals surface area contributed by atoms with Crippen LogP contribution >= 0.6 is 0 Å². The van der Waals surface area contributed by atoms with Crippen LogP contribution in [0.15, 0.2) is 53.3 Å². The fraction of sp³-hybridized carbons (Fsp3) is 0.304. The normalized spacial score (nSPS) is 14.8. The Morgan fingerprint density at radius 2 is 1.97 bits per heavy atom. The molecule has 0 aliphatic carbocycles. The van der Waals surface area contributed by atoms with Gasteiger partial charge in [-0.1, -0.05) is 35.0 Å². The standard InChI is InChI=1S/C23H24N6O/c1-16-5-7-17(8-6-16)14-19-26-22(29-12-3-10-24-11-13-29)20-21(28-30-23(20)27-19)18-4-2-9-25-15-18/h2,4-9,15,24H,3,10-14H2,1H3. The number of aryl methyl sites for hydroxylation is 1. The minimum absolute atomic E-state index is 0.526.